The third kappa shape index (κ3) is 2.43. The summed E-state index contributed by atoms with van der Waals surface area (Å²) in [6.45, 7) is 2.15. The molecule has 0 fully saturated rings. The first-order valence-corrected chi connectivity index (χ1v) is 9.07. The zero-order valence-electron chi connectivity index (χ0n) is 12.1. The van der Waals surface area contributed by atoms with E-state index in [0.29, 0.717) is 0 Å². The SMILES string of the molecule is CCC1C=CC=C1P(=O)(c1ccccc1)c1ccccc1. The maximum atomic E-state index is 14.1. The highest BCUT2D eigenvalue weighted by molar-refractivity contribution is 7.82. The lowest BCUT2D eigenvalue weighted by atomic mass is 10.1. The fourth-order valence-corrected chi connectivity index (χ4v) is 6.03. The van der Waals surface area contributed by atoms with Gasteiger partial charge < -0.3 is 4.57 Å². The summed E-state index contributed by atoms with van der Waals surface area (Å²) in [5, 5.41) is 2.90. The molecule has 0 amide bonds. The summed E-state index contributed by atoms with van der Waals surface area (Å²) in [5.41, 5.74) is 0. The van der Waals surface area contributed by atoms with Gasteiger partial charge in [0.05, 0.1) is 0 Å². The molecule has 0 saturated heterocycles. The molecule has 0 saturated carbocycles. The summed E-state index contributed by atoms with van der Waals surface area (Å²) in [6, 6.07) is 19.8. The molecule has 2 aromatic rings. The normalized spacial score (nSPS) is 17.8. The molecule has 0 aromatic heterocycles. The maximum Gasteiger partial charge on any atom is 0.167 e. The van der Waals surface area contributed by atoms with E-state index in [2.05, 4.69) is 19.1 Å². The van der Waals surface area contributed by atoms with Crippen molar-refractivity contribution in [3.63, 3.8) is 0 Å². The highest BCUT2D eigenvalue weighted by Crippen LogP contribution is 2.56. The molecule has 2 heteroatoms. The van der Waals surface area contributed by atoms with Gasteiger partial charge in [0.2, 0.25) is 0 Å². The molecule has 21 heavy (non-hydrogen) atoms. The van der Waals surface area contributed by atoms with Gasteiger partial charge >= 0.3 is 0 Å². The molecular formula is C19H19OP. The molecular weight excluding hydrogens is 275 g/mol. The van der Waals surface area contributed by atoms with Crippen molar-refractivity contribution in [2.24, 2.45) is 5.92 Å². The quantitative estimate of drug-likeness (QED) is 0.760. The van der Waals surface area contributed by atoms with Crippen LogP contribution < -0.4 is 10.6 Å². The average molecular weight is 294 g/mol. The number of hydrogen-bond donors (Lipinski definition) is 0. The standard InChI is InChI=1S/C19H19OP/c1-2-16-10-9-15-19(16)21(20,17-11-5-3-6-12-17)18-13-7-4-8-14-18/h3-16H,2H2,1H3. The third-order valence-electron chi connectivity index (χ3n) is 4.03. The van der Waals surface area contributed by atoms with Crippen molar-refractivity contribution in [3.8, 4) is 0 Å². The van der Waals surface area contributed by atoms with Crippen LogP contribution in [-0.4, -0.2) is 0 Å². The first-order chi connectivity index (χ1) is 10.3. The zero-order chi connectivity index (χ0) is 14.7. The van der Waals surface area contributed by atoms with Crippen LogP contribution in [0.3, 0.4) is 0 Å². The minimum absolute atomic E-state index is 0.274. The third-order valence-corrected chi connectivity index (χ3v) is 7.29. The summed E-state index contributed by atoms with van der Waals surface area (Å²) < 4.78 is 14.1. The van der Waals surface area contributed by atoms with Crippen molar-refractivity contribution in [3.05, 3.63) is 84.2 Å². The van der Waals surface area contributed by atoms with Crippen LogP contribution >= 0.6 is 7.14 Å². The van der Waals surface area contributed by atoms with Crippen LogP contribution in [0, 0.1) is 5.92 Å². The molecule has 1 aliphatic carbocycles. The van der Waals surface area contributed by atoms with E-state index >= 15 is 0 Å². The van der Waals surface area contributed by atoms with Crippen molar-refractivity contribution in [1.82, 2.24) is 0 Å². The second-order valence-corrected chi connectivity index (χ2v) is 8.04. The number of allylic oxidation sites excluding steroid dienone is 4. The Hall–Kier alpha value is -1.85. The molecule has 0 N–H and O–H groups in total. The minimum atomic E-state index is -2.75. The lowest BCUT2D eigenvalue weighted by Gasteiger charge is -2.24. The second-order valence-electron chi connectivity index (χ2n) is 5.27. The van der Waals surface area contributed by atoms with E-state index in [1.807, 2.05) is 66.7 Å². The van der Waals surface area contributed by atoms with Gasteiger partial charge in [0.1, 0.15) is 0 Å². The lowest BCUT2D eigenvalue weighted by molar-refractivity contribution is 0.586. The number of rotatable bonds is 4. The van der Waals surface area contributed by atoms with E-state index in [1.54, 1.807) is 0 Å². The molecule has 1 atom stereocenters. The summed E-state index contributed by atoms with van der Waals surface area (Å²) in [6.07, 6.45) is 7.23. The first-order valence-electron chi connectivity index (χ1n) is 7.37. The molecule has 0 spiro atoms. The summed E-state index contributed by atoms with van der Waals surface area (Å²) in [5.74, 6) is 0.274. The Morgan fingerprint density at radius 1 is 0.905 bits per heavy atom. The Balaban J connectivity index is 2.20. The summed E-state index contributed by atoms with van der Waals surface area (Å²) in [4.78, 5) is 0. The van der Waals surface area contributed by atoms with Gasteiger partial charge in [-0.05, 0) is 6.42 Å². The Kier molecular flexibility index (Phi) is 3.94. The van der Waals surface area contributed by atoms with Crippen LogP contribution in [0.15, 0.2) is 84.2 Å². The van der Waals surface area contributed by atoms with Crippen molar-refractivity contribution >= 4 is 17.8 Å². The molecule has 3 rings (SSSR count). The van der Waals surface area contributed by atoms with Gasteiger partial charge in [-0.3, -0.25) is 0 Å². The summed E-state index contributed by atoms with van der Waals surface area (Å²) in [7, 11) is -2.75. The highest BCUT2D eigenvalue weighted by Gasteiger charge is 2.35. The van der Waals surface area contributed by atoms with E-state index in [4.69, 9.17) is 0 Å². The Morgan fingerprint density at radius 3 is 1.90 bits per heavy atom. The van der Waals surface area contributed by atoms with Crippen LogP contribution in [0.25, 0.3) is 0 Å². The lowest BCUT2D eigenvalue weighted by Crippen LogP contribution is -2.19. The van der Waals surface area contributed by atoms with Crippen LogP contribution in [0.2, 0.25) is 0 Å². The molecule has 1 unspecified atom stereocenters. The fourth-order valence-electron chi connectivity index (χ4n) is 2.92. The molecule has 106 valence electrons. The predicted octanol–water partition coefficient (Wildman–Crippen LogP) is 4.48. The van der Waals surface area contributed by atoms with E-state index in [1.165, 1.54) is 0 Å². The van der Waals surface area contributed by atoms with E-state index < -0.39 is 7.14 Å². The van der Waals surface area contributed by atoms with Gasteiger partial charge in [0.25, 0.3) is 0 Å². The molecule has 1 aliphatic rings. The minimum Gasteiger partial charge on any atom is -0.309 e. The molecule has 2 aromatic carbocycles. The Morgan fingerprint density at radius 2 is 1.43 bits per heavy atom. The van der Waals surface area contributed by atoms with Crippen molar-refractivity contribution in [2.75, 3.05) is 0 Å². The average Bonchev–Trinajstić information content (AvgIpc) is 3.05. The van der Waals surface area contributed by atoms with Gasteiger partial charge in [-0.2, -0.15) is 0 Å². The monoisotopic (exact) mass is 294 g/mol. The van der Waals surface area contributed by atoms with Crippen LogP contribution in [0.4, 0.5) is 0 Å². The molecule has 1 nitrogen and oxygen atoms in total. The largest absolute Gasteiger partial charge is 0.309 e. The maximum absolute atomic E-state index is 14.1. The molecule has 0 aliphatic heterocycles. The van der Waals surface area contributed by atoms with Gasteiger partial charge in [0, 0.05) is 21.8 Å². The van der Waals surface area contributed by atoms with E-state index in [0.717, 1.165) is 22.3 Å². The van der Waals surface area contributed by atoms with Crippen molar-refractivity contribution in [1.29, 1.82) is 0 Å². The molecule has 0 heterocycles. The van der Waals surface area contributed by atoms with Gasteiger partial charge in [-0.1, -0.05) is 85.8 Å². The fraction of sp³-hybridized carbons (Fsp3) is 0.158. The van der Waals surface area contributed by atoms with Crippen LogP contribution in [-0.2, 0) is 4.57 Å². The molecule has 0 radical (unpaired) electrons. The summed E-state index contributed by atoms with van der Waals surface area (Å²) >= 11 is 0. The Labute approximate surface area is 126 Å². The van der Waals surface area contributed by atoms with Crippen LogP contribution in [0.1, 0.15) is 13.3 Å². The zero-order valence-corrected chi connectivity index (χ0v) is 13.0. The van der Waals surface area contributed by atoms with Gasteiger partial charge in [-0.25, -0.2) is 0 Å². The topological polar surface area (TPSA) is 17.1 Å². The number of benzene rings is 2. The predicted molar refractivity (Wildman–Crippen MR) is 90.8 cm³/mol. The van der Waals surface area contributed by atoms with E-state index in [9.17, 15) is 4.57 Å². The second kappa shape index (κ2) is 5.87. The van der Waals surface area contributed by atoms with Crippen molar-refractivity contribution in [2.45, 2.75) is 13.3 Å². The highest BCUT2D eigenvalue weighted by atomic mass is 31.2. The Bertz CT molecular complexity index is 670. The van der Waals surface area contributed by atoms with Crippen molar-refractivity contribution < 1.29 is 4.57 Å². The van der Waals surface area contributed by atoms with E-state index in [-0.39, 0.29) is 5.92 Å². The first kappa shape index (κ1) is 14.1. The number of hydrogen-bond acceptors (Lipinski definition) is 1. The smallest absolute Gasteiger partial charge is 0.167 e. The van der Waals surface area contributed by atoms with Crippen LogP contribution in [0.5, 0.6) is 0 Å². The van der Waals surface area contributed by atoms with Gasteiger partial charge in [-0.15, -0.1) is 0 Å². The van der Waals surface area contributed by atoms with Gasteiger partial charge in [0.15, 0.2) is 7.14 Å². The molecule has 0 bridgehead atoms.